The van der Waals surface area contributed by atoms with Gasteiger partial charge in [0.05, 0.1) is 30.9 Å². The van der Waals surface area contributed by atoms with Gasteiger partial charge in [-0.25, -0.2) is 0 Å². The first kappa shape index (κ1) is 17.1. The van der Waals surface area contributed by atoms with Gasteiger partial charge in [-0.3, -0.25) is 4.90 Å². The minimum Gasteiger partial charge on any atom is -0.379 e. The Balaban J connectivity index is 1.61. The molecule has 0 aliphatic carbocycles. The van der Waals surface area contributed by atoms with Crippen molar-refractivity contribution in [3.63, 3.8) is 0 Å². The fourth-order valence-electron chi connectivity index (χ4n) is 2.98. The van der Waals surface area contributed by atoms with Crippen LogP contribution in [0.3, 0.4) is 0 Å². The largest absolute Gasteiger partial charge is 0.379 e. The summed E-state index contributed by atoms with van der Waals surface area (Å²) in [4.78, 5) is 5.29. The van der Waals surface area contributed by atoms with Gasteiger partial charge >= 0.3 is 0 Å². The van der Waals surface area contributed by atoms with E-state index in [1.54, 1.807) is 0 Å². The number of nitrogens with zero attached hydrogens (tertiary/aromatic N) is 2. The second kappa shape index (κ2) is 8.41. The van der Waals surface area contributed by atoms with Crippen molar-refractivity contribution in [3.05, 3.63) is 57.3 Å². The van der Waals surface area contributed by atoms with Crippen LogP contribution in [0.5, 0.6) is 0 Å². The summed E-state index contributed by atoms with van der Waals surface area (Å²) in [6.45, 7) is 7.50. The minimum absolute atomic E-state index is 0.394. The first-order valence-electron chi connectivity index (χ1n) is 8.34. The molecule has 1 aliphatic rings. The third-order valence-electron chi connectivity index (χ3n) is 4.33. The maximum absolute atomic E-state index is 8.87. The number of benzene rings is 1. The molecule has 126 valence electrons. The van der Waals surface area contributed by atoms with E-state index >= 15 is 0 Å². The molecule has 0 bridgehead atoms. The molecule has 2 heterocycles. The van der Waals surface area contributed by atoms with E-state index in [-0.39, 0.29) is 0 Å². The molecule has 1 atom stereocenters. The lowest BCUT2D eigenvalue weighted by atomic mass is 10.1. The Labute approximate surface area is 147 Å². The van der Waals surface area contributed by atoms with Gasteiger partial charge in [-0.2, -0.15) is 5.26 Å². The molecule has 1 aromatic carbocycles. The van der Waals surface area contributed by atoms with Crippen molar-refractivity contribution >= 4 is 11.3 Å². The van der Waals surface area contributed by atoms with E-state index < -0.39 is 0 Å². The molecule has 2 aromatic rings. The number of nitrogens with one attached hydrogen (secondary N) is 1. The predicted octanol–water partition coefficient (Wildman–Crippen LogP) is 3.09. The van der Waals surface area contributed by atoms with Crippen molar-refractivity contribution < 1.29 is 4.74 Å². The minimum atomic E-state index is 0.394. The first-order chi connectivity index (χ1) is 11.8. The lowest BCUT2D eigenvalue weighted by Gasteiger charge is -2.34. The van der Waals surface area contributed by atoms with E-state index in [0.29, 0.717) is 11.6 Å². The van der Waals surface area contributed by atoms with Crippen LogP contribution in [0.1, 0.15) is 26.9 Å². The Morgan fingerprint density at radius 2 is 1.96 bits per heavy atom. The molecular weight excluding hydrogens is 318 g/mol. The Morgan fingerprint density at radius 1 is 1.21 bits per heavy atom. The summed E-state index contributed by atoms with van der Waals surface area (Å²) in [7, 11) is 0. The fourth-order valence-corrected chi connectivity index (χ4v) is 3.99. The predicted molar refractivity (Wildman–Crippen MR) is 97.1 cm³/mol. The SMILES string of the molecule is Cc1ccc([C@H](CNCc2ccc(C#N)cc2)N2CCOCC2)s1. The van der Waals surface area contributed by atoms with Gasteiger partial charge in [-0.15, -0.1) is 11.3 Å². The van der Waals surface area contributed by atoms with Gasteiger partial charge in [-0.1, -0.05) is 12.1 Å². The van der Waals surface area contributed by atoms with Crippen LogP contribution >= 0.6 is 11.3 Å². The number of hydrogen-bond donors (Lipinski definition) is 1. The van der Waals surface area contributed by atoms with Crippen molar-refractivity contribution in [2.45, 2.75) is 19.5 Å². The topological polar surface area (TPSA) is 48.3 Å². The molecule has 0 amide bonds. The Hall–Kier alpha value is -1.71. The van der Waals surface area contributed by atoms with E-state index in [9.17, 15) is 0 Å². The van der Waals surface area contributed by atoms with Crippen LogP contribution < -0.4 is 5.32 Å². The van der Waals surface area contributed by atoms with Gasteiger partial charge in [0, 0.05) is 35.9 Å². The van der Waals surface area contributed by atoms with E-state index in [4.69, 9.17) is 10.00 Å². The Bertz CT molecular complexity index is 683. The van der Waals surface area contributed by atoms with E-state index in [1.807, 2.05) is 35.6 Å². The zero-order valence-electron chi connectivity index (χ0n) is 14.0. The van der Waals surface area contributed by atoms with Crippen molar-refractivity contribution in [2.24, 2.45) is 0 Å². The highest BCUT2D eigenvalue weighted by atomic mass is 32.1. The third-order valence-corrected chi connectivity index (χ3v) is 5.43. The number of rotatable bonds is 6. The Morgan fingerprint density at radius 3 is 2.58 bits per heavy atom. The highest BCUT2D eigenvalue weighted by Gasteiger charge is 2.23. The summed E-state index contributed by atoms with van der Waals surface area (Å²) in [5.74, 6) is 0. The molecule has 1 fully saturated rings. The smallest absolute Gasteiger partial charge is 0.0991 e. The number of thiophene rings is 1. The summed E-state index contributed by atoms with van der Waals surface area (Å²) in [6.07, 6.45) is 0. The highest BCUT2D eigenvalue weighted by Crippen LogP contribution is 2.28. The number of morpholine rings is 1. The van der Waals surface area contributed by atoms with Crippen molar-refractivity contribution in [1.82, 2.24) is 10.2 Å². The number of nitriles is 1. The molecule has 3 rings (SSSR count). The van der Waals surface area contributed by atoms with Crippen LogP contribution in [0.25, 0.3) is 0 Å². The zero-order valence-corrected chi connectivity index (χ0v) is 14.8. The molecule has 5 heteroatoms. The van der Waals surface area contributed by atoms with Crippen LogP contribution in [0.4, 0.5) is 0 Å². The maximum atomic E-state index is 8.87. The summed E-state index contributed by atoms with van der Waals surface area (Å²) in [5, 5.41) is 12.5. The van der Waals surface area contributed by atoms with Crippen LogP contribution in [0.2, 0.25) is 0 Å². The lowest BCUT2D eigenvalue weighted by Crippen LogP contribution is -2.42. The average Bonchev–Trinajstić information content (AvgIpc) is 3.06. The zero-order chi connectivity index (χ0) is 16.8. The van der Waals surface area contributed by atoms with Crippen LogP contribution in [-0.4, -0.2) is 37.7 Å². The van der Waals surface area contributed by atoms with Crippen LogP contribution in [0.15, 0.2) is 36.4 Å². The van der Waals surface area contributed by atoms with Gasteiger partial charge in [0.2, 0.25) is 0 Å². The Kier molecular flexibility index (Phi) is 6.00. The number of ether oxygens (including phenoxy) is 1. The standard InChI is InChI=1S/C19H23N3OS/c1-15-2-7-19(24-15)18(22-8-10-23-11-9-22)14-21-13-17-5-3-16(12-20)4-6-17/h2-7,18,21H,8-11,13-14H2,1H3/t18-/m0/s1. The van der Waals surface area contributed by atoms with Crippen LogP contribution in [-0.2, 0) is 11.3 Å². The molecule has 1 aromatic heterocycles. The fraction of sp³-hybridized carbons (Fsp3) is 0.421. The summed E-state index contributed by atoms with van der Waals surface area (Å²) in [6, 6.07) is 14.8. The quantitative estimate of drug-likeness (QED) is 0.877. The molecule has 0 unspecified atom stereocenters. The highest BCUT2D eigenvalue weighted by molar-refractivity contribution is 7.12. The number of aryl methyl sites for hydroxylation is 1. The van der Waals surface area contributed by atoms with Gasteiger partial charge < -0.3 is 10.1 Å². The van der Waals surface area contributed by atoms with Gasteiger partial charge in [-0.05, 0) is 36.8 Å². The molecule has 0 radical (unpaired) electrons. The summed E-state index contributed by atoms with van der Waals surface area (Å²) >= 11 is 1.88. The van der Waals surface area contributed by atoms with Gasteiger partial charge in [0.15, 0.2) is 0 Å². The molecular formula is C19H23N3OS. The van der Waals surface area contributed by atoms with E-state index in [0.717, 1.165) is 39.4 Å². The second-order valence-corrected chi connectivity index (χ2v) is 7.37. The molecule has 1 N–H and O–H groups in total. The molecule has 1 saturated heterocycles. The number of hydrogen-bond acceptors (Lipinski definition) is 5. The molecule has 24 heavy (non-hydrogen) atoms. The molecule has 1 aliphatic heterocycles. The third kappa shape index (κ3) is 4.43. The second-order valence-electron chi connectivity index (χ2n) is 6.05. The monoisotopic (exact) mass is 341 g/mol. The van der Waals surface area contributed by atoms with Gasteiger partial charge in [0.1, 0.15) is 0 Å². The lowest BCUT2D eigenvalue weighted by molar-refractivity contribution is 0.0168. The maximum Gasteiger partial charge on any atom is 0.0991 e. The van der Waals surface area contributed by atoms with Crippen molar-refractivity contribution in [2.75, 3.05) is 32.8 Å². The first-order valence-corrected chi connectivity index (χ1v) is 9.16. The molecule has 0 saturated carbocycles. The van der Waals surface area contributed by atoms with Crippen LogP contribution in [0, 0.1) is 18.3 Å². The van der Waals surface area contributed by atoms with Crippen molar-refractivity contribution in [1.29, 1.82) is 5.26 Å². The van der Waals surface area contributed by atoms with Crippen molar-refractivity contribution in [3.8, 4) is 6.07 Å². The van der Waals surface area contributed by atoms with Gasteiger partial charge in [0.25, 0.3) is 0 Å². The van der Waals surface area contributed by atoms with E-state index in [2.05, 4.69) is 35.3 Å². The van der Waals surface area contributed by atoms with E-state index in [1.165, 1.54) is 15.3 Å². The molecule has 4 nitrogen and oxygen atoms in total. The normalized spacial score (nSPS) is 16.7. The molecule has 0 spiro atoms. The summed E-state index contributed by atoms with van der Waals surface area (Å²) in [5.41, 5.74) is 1.91. The average molecular weight is 341 g/mol. The summed E-state index contributed by atoms with van der Waals surface area (Å²) < 4.78 is 5.50.